The number of anilines is 1. The van der Waals surface area contributed by atoms with Crippen LogP contribution in [0.4, 0.5) is 14.9 Å². The van der Waals surface area contributed by atoms with E-state index in [-0.39, 0.29) is 23.6 Å². The van der Waals surface area contributed by atoms with E-state index in [9.17, 15) is 9.59 Å². The van der Waals surface area contributed by atoms with E-state index >= 15 is 4.39 Å². The number of primary amides is 1. The van der Waals surface area contributed by atoms with Gasteiger partial charge in [-0.25, -0.2) is 9.18 Å². The van der Waals surface area contributed by atoms with Crippen molar-refractivity contribution >= 4 is 28.6 Å². The lowest BCUT2D eigenvalue weighted by atomic mass is 9.92. The monoisotopic (exact) mass is 416 g/mol. The quantitative estimate of drug-likeness (QED) is 0.783. The fourth-order valence-electron chi connectivity index (χ4n) is 4.81. The van der Waals surface area contributed by atoms with Crippen molar-refractivity contribution in [2.24, 2.45) is 11.7 Å². The van der Waals surface area contributed by atoms with Crippen molar-refractivity contribution in [1.82, 2.24) is 9.88 Å². The highest BCUT2D eigenvalue weighted by Crippen LogP contribution is 2.39. The number of rotatable bonds is 2. The minimum absolute atomic E-state index is 0.0288. The predicted molar refractivity (Wildman–Crippen MR) is 113 cm³/mol. The van der Waals surface area contributed by atoms with Gasteiger partial charge in [0.05, 0.1) is 22.8 Å². The first-order chi connectivity index (χ1) is 14.0. The second-order valence-electron chi connectivity index (χ2n) is 9.41. The summed E-state index contributed by atoms with van der Waals surface area (Å²) in [6, 6.07) is 3.02. The van der Waals surface area contributed by atoms with E-state index in [1.165, 1.54) is 6.07 Å². The molecule has 0 radical (unpaired) electrons. The third kappa shape index (κ3) is 3.59. The van der Waals surface area contributed by atoms with Crippen LogP contribution in [-0.4, -0.2) is 53.2 Å². The molecule has 1 aromatic carbocycles. The molecular formula is C22H29FN4O3. The van der Waals surface area contributed by atoms with Crippen molar-refractivity contribution in [3.05, 3.63) is 29.2 Å². The number of aryl methyl sites for hydroxylation is 1. The lowest BCUT2D eigenvalue weighted by Crippen LogP contribution is -2.50. The highest BCUT2D eigenvalue weighted by Gasteiger charge is 2.43. The number of hydrogen-bond donors (Lipinski definition) is 2. The molecule has 2 fully saturated rings. The van der Waals surface area contributed by atoms with Crippen LogP contribution in [0.25, 0.3) is 10.9 Å². The molecule has 30 heavy (non-hydrogen) atoms. The Morgan fingerprint density at radius 3 is 2.67 bits per heavy atom. The van der Waals surface area contributed by atoms with Crippen molar-refractivity contribution in [1.29, 1.82) is 0 Å². The lowest BCUT2D eigenvalue weighted by Gasteiger charge is -2.37. The van der Waals surface area contributed by atoms with E-state index in [0.717, 1.165) is 18.5 Å². The van der Waals surface area contributed by atoms with Crippen LogP contribution in [0.15, 0.2) is 12.1 Å². The number of aromatic nitrogens is 1. The highest BCUT2D eigenvalue weighted by atomic mass is 19.1. The summed E-state index contributed by atoms with van der Waals surface area (Å²) in [5, 5.41) is 0.642. The number of piperidine rings is 1. The molecule has 8 heteroatoms. The molecule has 2 aliphatic rings. The zero-order valence-electron chi connectivity index (χ0n) is 17.9. The first-order valence-corrected chi connectivity index (χ1v) is 10.4. The van der Waals surface area contributed by atoms with Crippen LogP contribution in [0.3, 0.4) is 0 Å². The fraction of sp³-hybridized carbons (Fsp3) is 0.545. The SMILES string of the molecule is Cc1cc2c(N3CC4CCCN(C(=O)OC(C)(C)C)C4C3)c(F)cc(C(N)=O)c2[nH]1. The number of fused-ring (bicyclic) bond motifs is 2. The molecule has 2 unspecified atom stereocenters. The molecule has 3 N–H and O–H groups in total. The van der Waals surface area contributed by atoms with Crippen LogP contribution in [-0.2, 0) is 4.74 Å². The van der Waals surface area contributed by atoms with E-state index < -0.39 is 17.3 Å². The zero-order chi connectivity index (χ0) is 21.8. The van der Waals surface area contributed by atoms with Gasteiger partial charge in [0.25, 0.3) is 5.91 Å². The largest absolute Gasteiger partial charge is 0.444 e. The van der Waals surface area contributed by atoms with Crippen molar-refractivity contribution in [3.8, 4) is 0 Å². The van der Waals surface area contributed by atoms with Crippen LogP contribution >= 0.6 is 0 Å². The van der Waals surface area contributed by atoms with Gasteiger partial charge in [-0.15, -0.1) is 0 Å². The number of amides is 2. The summed E-state index contributed by atoms with van der Waals surface area (Å²) in [6.07, 6.45) is 1.57. The molecule has 0 bridgehead atoms. The molecule has 2 saturated heterocycles. The van der Waals surface area contributed by atoms with E-state index in [2.05, 4.69) is 4.98 Å². The number of nitrogens with two attached hydrogens (primary N) is 1. The van der Waals surface area contributed by atoms with Crippen molar-refractivity contribution in [2.45, 2.75) is 52.2 Å². The summed E-state index contributed by atoms with van der Waals surface area (Å²) in [7, 11) is 0. The molecule has 2 atom stereocenters. The fourth-order valence-corrected chi connectivity index (χ4v) is 4.81. The van der Waals surface area contributed by atoms with Crippen LogP contribution in [0.2, 0.25) is 0 Å². The van der Waals surface area contributed by atoms with Gasteiger partial charge in [0.1, 0.15) is 11.4 Å². The van der Waals surface area contributed by atoms with Gasteiger partial charge in [-0.3, -0.25) is 4.79 Å². The van der Waals surface area contributed by atoms with E-state index in [1.807, 2.05) is 38.7 Å². The minimum Gasteiger partial charge on any atom is -0.444 e. The topological polar surface area (TPSA) is 91.7 Å². The molecule has 4 rings (SSSR count). The third-order valence-corrected chi connectivity index (χ3v) is 5.96. The number of aromatic amines is 1. The third-order valence-electron chi connectivity index (χ3n) is 5.96. The molecule has 3 heterocycles. The van der Waals surface area contributed by atoms with Crippen molar-refractivity contribution < 1.29 is 18.7 Å². The van der Waals surface area contributed by atoms with Gasteiger partial charge in [-0.05, 0) is 58.6 Å². The first kappa shape index (κ1) is 20.5. The van der Waals surface area contributed by atoms with Gasteiger partial charge in [-0.2, -0.15) is 0 Å². The number of likely N-dealkylation sites (tertiary alicyclic amines) is 1. The zero-order valence-corrected chi connectivity index (χ0v) is 17.9. The van der Waals surface area contributed by atoms with E-state index in [4.69, 9.17) is 10.5 Å². The molecule has 7 nitrogen and oxygen atoms in total. The van der Waals surface area contributed by atoms with Gasteiger partial charge in [0, 0.05) is 30.7 Å². The average molecular weight is 416 g/mol. The Bertz CT molecular complexity index is 1010. The summed E-state index contributed by atoms with van der Waals surface area (Å²) in [4.78, 5) is 31.5. The van der Waals surface area contributed by atoms with Crippen molar-refractivity contribution in [2.75, 3.05) is 24.5 Å². The van der Waals surface area contributed by atoms with E-state index in [1.54, 1.807) is 4.90 Å². The number of hydrogen-bond acceptors (Lipinski definition) is 4. The second-order valence-corrected chi connectivity index (χ2v) is 9.41. The molecule has 2 aliphatic heterocycles. The number of nitrogens with one attached hydrogen (secondary N) is 1. The summed E-state index contributed by atoms with van der Waals surface area (Å²) >= 11 is 0. The Morgan fingerprint density at radius 1 is 1.27 bits per heavy atom. The van der Waals surface area contributed by atoms with Gasteiger partial charge >= 0.3 is 6.09 Å². The molecule has 0 aliphatic carbocycles. The smallest absolute Gasteiger partial charge is 0.410 e. The van der Waals surface area contributed by atoms with E-state index in [0.29, 0.717) is 36.2 Å². The maximum atomic E-state index is 15.2. The minimum atomic E-state index is -0.668. The lowest BCUT2D eigenvalue weighted by molar-refractivity contribution is 0.00669. The first-order valence-electron chi connectivity index (χ1n) is 10.4. The average Bonchev–Trinajstić information content (AvgIpc) is 3.21. The van der Waals surface area contributed by atoms with Crippen LogP contribution in [0, 0.1) is 18.7 Å². The number of carbonyl (C=O) groups is 2. The molecule has 0 saturated carbocycles. The molecule has 0 spiro atoms. The number of benzene rings is 1. The Morgan fingerprint density at radius 2 is 2.00 bits per heavy atom. The van der Waals surface area contributed by atoms with Crippen LogP contribution < -0.4 is 10.6 Å². The number of ether oxygens (including phenoxy) is 1. The highest BCUT2D eigenvalue weighted by molar-refractivity contribution is 6.09. The Hall–Kier alpha value is -2.77. The summed E-state index contributed by atoms with van der Waals surface area (Å²) in [5.74, 6) is -0.896. The van der Waals surface area contributed by atoms with Crippen LogP contribution in [0.5, 0.6) is 0 Å². The number of halogens is 1. The van der Waals surface area contributed by atoms with Gasteiger partial charge in [-0.1, -0.05) is 0 Å². The normalized spacial score (nSPS) is 21.8. The summed E-state index contributed by atoms with van der Waals surface area (Å²) in [5.41, 5.74) is 6.88. The molecule has 2 aromatic rings. The van der Waals surface area contributed by atoms with Crippen LogP contribution in [0.1, 0.15) is 49.7 Å². The molecule has 2 amide bonds. The maximum Gasteiger partial charge on any atom is 0.410 e. The van der Waals surface area contributed by atoms with Gasteiger partial charge in [0.2, 0.25) is 0 Å². The molecular weight excluding hydrogens is 387 g/mol. The number of nitrogens with zero attached hydrogens (tertiary/aromatic N) is 2. The Balaban J connectivity index is 1.68. The Kier molecular flexibility index (Phi) is 4.91. The number of carbonyl (C=O) groups excluding carboxylic acids is 2. The second kappa shape index (κ2) is 7.18. The van der Waals surface area contributed by atoms with Crippen molar-refractivity contribution in [3.63, 3.8) is 0 Å². The summed E-state index contributed by atoms with van der Waals surface area (Å²) in [6.45, 7) is 9.24. The summed E-state index contributed by atoms with van der Waals surface area (Å²) < 4.78 is 20.8. The van der Waals surface area contributed by atoms with Gasteiger partial charge < -0.3 is 25.3 Å². The predicted octanol–water partition coefficient (Wildman–Crippen LogP) is 3.55. The van der Waals surface area contributed by atoms with Gasteiger partial charge in [0.15, 0.2) is 0 Å². The number of H-pyrrole nitrogens is 1. The maximum absolute atomic E-state index is 15.2. The molecule has 1 aromatic heterocycles. The molecule has 162 valence electrons. The Labute approximate surface area is 175 Å². The standard InChI is InChI=1S/C22H29FN4O3/c1-12-8-14-18(25-12)15(20(24)28)9-16(23)19(14)26-10-13-6-5-7-27(17(13)11-26)21(29)30-22(2,3)4/h8-9,13,17,25H,5-7,10-11H2,1-4H3,(H2,24,28).